The molecule has 4 heteroatoms. The van der Waals surface area contributed by atoms with Crippen molar-refractivity contribution in [3.63, 3.8) is 0 Å². The molecule has 66 valence electrons. The van der Waals surface area contributed by atoms with E-state index in [1.807, 2.05) is 6.20 Å². The van der Waals surface area contributed by atoms with E-state index in [9.17, 15) is 4.79 Å². The summed E-state index contributed by atoms with van der Waals surface area (Å²) in [7, 11) is 0. The molecule has 0 N–H and O–H groups in total. The molecule has 0 spiro atoms. The summed E-state index contributed by atoms with van der Waals surface area (Å²) in [5.74, 6) is -0.209. The maximum absolute atomic E-state index is 11.0. The number of carbonyl (C=O) groups excluding carboxylic acids is 1. The highest BCUT2D eigenvalue weighted by Gasteiger charge is 2.07. The van der Waals surface area contributed by atoms with Gasteiger partial charge in [0.05, 0.1) is 6.61 Å². The number of esters is 1. The molecule has 0 fully saturated rings. The highest BCUT2D eigenvalue weighted by atomic mass is 16.5. The van der Waals surface area contributed by atoms with Gasteiger partial charge in [0, 0.05) is 12.4 Å². The average Bonchev–Trinajstić information content (AvgIpc) is 2.06. The highest BCUT2D eigenvalue weighted by Crippen LogP contribution is 1.95. The summed E-state index contributed by atoms with van der Waals surface area (Å²) in [6.07, 6.45) is 5.33. The summed E-state index contributed by atoms with van der Waals surface area (Å²) in [4.78, 5) is 16.7. The van der Waals surface area contributed by atoms with Crippen LogP contribution in [0.15, 0.2) is 17.3 Å². The number of ether oxygens (including phenoxy) is 1. The lowest BCUT2D eigenvalue weighted by molar-refractivity contribution is -0.143. The van der Waals surface area contributed by atoms with E-state index in [4.69, 9.17) is 4.74 Å². The van der Waals surface area contributed by atoms with Crippen molar-refractivity contribution in [3.05, 3.63) is 12.3 Å². The van der Waals surface area contributed by atoms with Crippen LogP contribution in [0.5, 0.6) is 0 Å². The van der Waals surface area contributed by atoms with Gasteiger partial charge in [-0.2, -0.15) is 0 Å². The van der Waals surface area contributed by atoms with Gasteiger partial charge < -0.3 is 9.64 Å². The van der Waals surface area contributed by atoms with Gasteiger partial charge in [-0.1, -0.05) is 0 Å². The third kappa shape index (κ3) is 2.74. The Labute approximate surface area is 71.5 Å². The highest BCUT2D eigenvalue weighted by molar-refractivity contribution is 5.74. The Morgan fingerprint density at radius 2 is 2.58 bits per heavy atom. The molecule has 0 atom stereocenters. The fourth-order valence-electron chi connectivity index (χ4n) is 0.895. The van der Waals surface area contributed by atoms with Crippen molar-refractivity contribution < 1.29 is 9.53 Å². The van der Waals surface area contributed by atoms with Crippen molar-refractivity contribution in [2.75, 3.05) is 19.8 Å². The molecule has 0 aromatic rings. The molecule has 0 amide bonds. The summed E-state index contributed by atoms with van der Waals surface area (Å²) < 4.78 is 4.78. The normalized spacial score (nSPS) is 14.9. The minimum Gasteiger partial charge on any atom is -0.465 e. The lowest BCUT2D eigenvalue weighted by Crippen LogP contribution is -2.27. The van der Waals surface area contributed by atoms with E-state index >= 15 is 0 Å². The van der Waals surface area contributed by atoms with Crippen LogP contribution in [0.3, 0.4) is 0 Å². The first-order valence-electron chi connectivity index (χ1n) is 3.89. The van der Waals surface area contributed by atoms with Gasteiger partial charge in [-0.05, 0) is 13.0 Å². The minimum absolute atomic E-state index is 0.209. The maximum Gasteiger partial charge on any atom is 0.325 e. The van der Waals surface area contributed by atoms with Gasteiger partial charge in [0.1, 0.15) is 13.2 Å². The fraction of sp³-hybridized carbons (Fsp3) is 0.500. The molecule has 0 unspecified atom stereocenters. The topological polar surface area (TPSA) is 41.9 Å². The van der Waals surface area contributed by atoms with Gasteiger partial charge in [-0.3, -0.25) is 9.79 Å². The standard InChI is InChI=1S/C8H12N2O2/c1-2-12-8(11)6-10-5-3-4-9-7-10/h3-5H,2,6-7H2,1H3. The van der Waals surface area contributed by atoms with Gasteiger partial charge in [-0.25, -0.2) is 0 Å². The smallest absolute Gasteiger partial charge is 0.325 e. The number of hydrogen-bond donors (Lipinski definition) is 0. The Morgan fingerprint density at radius 3 is 3.17 bits per heavy atom. The summed E-state index contributed by atoms with van der Waals surface area (Å²) in [5.41, 5.74) is 0. The lowest BCUT2D eigenvalue weighted by Gasteiger charge is -2.17. The van der Waals surface area contributed by atoms with Gasteiger partial charge in [0.15, 0.2) is 0 Å². The molecule has 0 saturated carbocycles. The van der Waals surface area contributed by atoms with Crippen LogP contribution in [0.4, 0.5) is 0 Å². The number of hydrogen-bond acceptors (Lipinski definition) is 4. The molecule has 0 aromatic carbocycles. The van der Waals surface area contributed by atoms with Crippen LogP contribution < -0.4 is 0 Å². The van der Waals surface area contributed by atoms with E-state index in [0.29, 0.717) is 13.3 Å². The Bertz CT molecular complexity index is 211. The molecule has 1 heterocycles. The van der Waals surface area contributed by atoms with E-state index < -0.39 is 0 Å². The molecule has 0 aromatic heterocycles. The molecular weight excluding hydrogens is 156 g/mol. The number of allylic oxidation sites excluding steroid dienone is 1. The molecule has 1 rings (SSSR count). The second kappa shape index (κ2) is 4.54. The third-order valence-corrected chi connectivity index (χ3v) is 1.39. The summed E-state index contributed by atoms with van der Waals surface area (Å²) in [5, 5.41) is 0. The minimum atomic E-state index is -0.209. The molecule has 1 aliphatic rings. The van der Waals surface area contributed by atoms with Crippen molar-refractivity contribution in [2.24, 2.45) is 4.99 Å². The third-order valence-electron chi connectivity index (χ3n) is 1.39. The monoisotopic (exact) mass is 168 g/mol. The van der Waals surface area contributed by atoms with Gasteiger partial charge >= 0.3 is 5.97 Å². The molecule has 0 aliphatic carbocycles. The van der Waals surface area contributed by atoms with E-state index in [1.54, 1.807) is 24.1 Å². The largest absolute Gasteiger partial charge is 0.465 e. The molecule has 1 aliphatic heterocycles. The number of nitrogens with zero attached hydrogens (tertiary/aromatic N) is 2. The summed E-state index contributed by atoms with van der Waals surface area (Å²) in [6, 6.07) is 0. The second-order valence-electron chi connectivity index (χ2n) is 2.37. The molecule has 0 saturated heterocycles. The van der Waals surface area contributed by atoms with Crippen molar-refractivity contribution in [2.45, 2.75) is 6.92 Å². The van der Waals surface area contributed by atoms with Crippen LogP contribution in [0.1, 0.15) is 6.92 Å². The maximum atomic E-state index is 11.0. The lowest BCUT2D eigenvalue weighted by atomic mass is 10.5. The fourth-order valence-corrected chi connectivity index (χ4v) is 0.895. The first-order valence-corrected chi connectivity index (χ1v) is 3.89. The molecular formula is C8H12N2O2. The number of carbonyl (C=O) groups is 1. The van der Waals surface area contributed by atoms with Crippen LogP contribution in [-0.2, 0) is 9.53 Å². The zero-order valence-electron chi connectivity index (χ0n) is 7.06. The quantitative estimate of drug-likeness (QED) is 0.573. The Kier molecular flexibility index (Phi) is 3.32. The van der Waals surface area contributed by atoms with E-state index in [-0.39, 0.29) is 12.5 Å². The van der Waals surface area contributed by atoms with Crippen molar-refractivity contribution in [1.82, 2.24) is 4.90 Å². The zero-order chi connectivity index (χ0) is 8.81. The predicted molar refractivity (Wildman–Crippen MR) is 45.8 cm³/mol. The van der Waals surface area contributed by atoms with E-state index in [1.165, 1.54) is 0 Å². The second-order valence-corrected chi connectivity index (χ2v) is 2.37. The van der Waals surface area contributed by atoms with Crippen molar-refractivity contribution >= 4 is 12.2 Å². The van der Waals surface area contributed by atoms with Crippen LogP contribution in [0.25, 0.3) is 0 Å². The number of aliphatic imine (C=N–C) groups is 1. The van der Waals surface area contributed by atoms with Crippen LogP contribution in [0.2, 0.25) is 0 Å². The first-order chi connectivity index (χ1) is 5.83. The molecule has 0 bridgehead atoms. The Balaban J connectivity index is 2.27. The van der Waals surface area contributed by atoms with E-state index in [2.05, 4.69) is 4.99 Å². The van der Waals surface area contributed by atoms with Gasteiger partial charge in [-0.15, -0.1) is 0 Å². The Morgan fingerprint density at radius 1 is 1.75 bits per heavy atom. The molecule has 4 nitrogen and oxygen atoms in total. The summed E-state index contributed by atoms with van der Waals surface area (Å²) >= 11 is 0. The van der Waals surface area contributed by atoms with Crippen LogP contribution in [0, 0.1) is 0 Å². The van der Waals surface area contributed by atoms with Gasteiger partial charge in [0.25, 0.3) is 0 Å². The summed E-state index contributed by atoms with van der Waals surface area (Å²) in [6.45, 7) is 3.04. The van der Waals surface area contributed by atoms with Crippen molar-refractivity contribution in [1.29, 1.82) is 0 Å². The average molecular weight is 168 g/mol. The molecule has 0 radical (unpaired) electrons. The van der Waals surface area contributed by atoms with Crippen molar-refractivity contribution in [3.8, 4) is 0 Å². The van der Waals surface area contributed by atoms with Crippen LogP contribution >= 0.6 is 0 Å². The zero-order valence-corrected chi connectivity index (χ0v) is 7.06. The Hall–Kier alpha value is -1.32. The van der Waals surface area contributed by atoms with Crippen LogP contribution in [-0.4, -0.2) is 36.9 Å². The predicted octanol–water partition coefficient (Wildman–Crippen LogP) is 0.407. The first kappa shape index (κ1) is 8.77. The SMILES string of the molecule is CCOC(=O)CN1C=CC=NC1. The molecule has 12 heavy (non-hydrogen) atoms. The number of rotatable bonds is 3. The van der Waals surface area contributed by atoms with Gasteiger partial charge in [0.2, 0.25) is 0 Å². The van der Waals surface area contributed by atoms with E-state index in [0.717, 1.165) is 0 Å².